The Labute approximate surface area is 139 Å². The summed E-state index contributed by atoms with van der Waals surface area (Å²) in [6.45, 7) is 4.94. The molecule has 0 aromatic heterocycles. The first-order valence-electron chi connectivity index (χ1n) is 7.03. The molecule has 0 unspecified atom stereocenters. The van der Waals surface area contributed by atoms with E-state index in [4.69, 9.17) is 10.5 Å². The summed E-state index contributed by atoms with van der Waals surface area (Å²) in [6, 6.07) is 9.24. The normalized spacial score (nSPS) is 9.43. The number of anilines is 1. The van der Waals surface area contributed by atoms with Crippen molar-refractivity contribution in [3.63, 3.8) is 0 Å². The molecule has 1 amide bonds. The van der Waals surface area contributed by atoms with E-state index in [0.717, 1.165) is 11.8 Å². The summed E-state index contributed by atoms with van der Waals surface area (Å²) < 4.78 is 13.2. The number of nitrogens with one attached hydrogen (secondary N) is 1. The number of thioether (sulfide) groups is 1. The van der Waals surface area contributed by atoms with Crippen molar-refractivity contribution in [2.45, 2.75) is 13.8 Å². The van der Waals surface area contributed by atoms with E-state index in [-0.39, 0.29) is 22.3 Å². The maximum atomic E-state index is 13.2. The maximum Gasteiger partial charge on any atom is 0.232 e. The van der Waals surface area contributed by atoms with Crippen molar-refractivity contribution in [3.05, 3.63) is 40.7 Å². The summed E-state index contributed by atoms with van der Waals surface area (Å²) in [7, 11) is 0. The van der Waals surface area contributed by atoms with E-state index in [9.17, 15) is 9.18 Å². The molecule has 0 bridgehead atoms. The molecule has 0 radical (unpaired) electrons. The number of nitriles is 2. The van der Waals surface area contributed by atoms with Gasteiger partial charge in [-0.2, -0.15) is 10.5 Å². The lowest BCUT2D eigenvalue weighted by molar-refractivity contribution is -0.127. The molecular formula is C16H17FN4OS. The lowest BCUT2D eigenvalue weighted by Crippen LogP contribution is -2.32. The Morgan fingerprint density at radius 1 is 1.30 bits per heavy atom. The van der Waals surface area contributed by atoms with Gasteiger partial charge in [0.2, 0.25) is 5.91 Å². The Kier molecular flexibility index (Phi) is 7.65. The van der Waals surface area contributed by atoms with Crippen LogP contribution in [-0.2, 0) is 4.79 Å². The van der Waals surface area contributed by atoms with Gasteiger partial charge in [-0.15, -0.1) is 0 Å². The van der Waals surface area contributed by atoms with E-state index in [2.05, 4.69) is 5.32 Å². The number of hydrogen-bond acceptors (Lipinski definition) is 5. The third-order valence-electron chi connectivity index (χ3n) is 2.99. The van der Waals surface area contributed by atoms with E-state index in [1.165, 1.54) is 18.2 Å². The van der Waals surface area contributed by atoms with Crippen LogP contribution in [0.3, 0.4) is 0 Å². The smallest absolute Gasteiger partial charge is 0.232 e. The van der Waals surface area contributed by atoms with Crippen molar-refractivity contribution in [1.29, 1.82) is 10.5 Å². The molecule has 0 saturated carbocycles. The van der Waals surface area contributed by atoms with Crippen LogP contribution in [-0.4, -0.2) is 29.6 Å². The number of nitrogens with zero attached hydrogens (tertiary/aromatic N) is 3. The van der Waals surface area contributed by atoms with E-state index in [1.807, 2.05) is 13.8 Å². The molecule has 0 aliphatic rings. The van der Waals surface area contributed by atoms with Gasteiger partial charge >= 0.3 is 0 Å². The van der Waals surface area contributed by atoms with Gasteiger partial charge in [-0.1, -0.05) is 17.8 Å². The Morgan fingerprint density at radius 3 is 2.48 bits per heavy atom. The Balaban J connectivity index is 2.92. The van der Waals surface area contributed by atoms with Crippen molar-refractivity contribution in [1.82, 2.24) is 4.90 Å². The number of carbonyl (C=O) groups excluding carboxylic acids is 1. The van der Waals surface area contributed by atoms with Gasteiger partial charge in [0.1, 0.15) is 23.0 Å². The quantitative estimate of drug-likeness (QED) is 0.776. The highest BCUT2D eigenvalue weighted by Crippen LogP contribution is 2.23. The molecule has 1 aromatic rings. The van der Waals surface area contributed by atoms with Crippen molar-refractivity contribution < 1.29 is 9.18 Å². The van der Waals surface area contributed by atoms with Crippen LogP contribution in [0.25, 0.3) is 0 Å². The topological polar surface area (TPSA) is 79.9 Å². The second kappa shape index (κ2) is 9.50. The standard InChI is InChI=1S/C16H17FN4OS/c1-3-21(4-2)15(22)11-23-16(12(9-18)10-19)20-14-7-5-6-13(17)8-14/h5-8,20H,3-4,11H2,1-2H3. The number of allylic oxidation sites excluding steroid dienone is 1. The molecule has 120 valence electrons. The summed E-state index contributed by atoms with van der Waals surface area (Å²) >= 11 is 1.06. The van der Waals surface area contributed by atoms with E-state index >= 15 is 0 Å². The average molecular weight is 332 g/mol. The SMILES string of the molecule is CCN(CC)C(=O)CSC(Nc1cccc(F)c1)=C(C#N)C#N. The van der Waals surface area contributed by atoms with Crippen LogP contribution in [0, 0.1) is 28.5 Å². The zero-order valence-electron chi connectivity index (χ0n) is 13.0. The minimum Gasteiger partial charge on any atom is -0.348 e. The highest BCUT2D eigenvalue weighted by atomic mass is 32.2. The highest BCUT2D eigenvalue weighted by Gasteiger charge is 2.14. The van der Waals surface area contributed by atoms with Crippen LogP contribution in [0.5, 0.6) is 0 Å². The number of carbonyl (C=O) groups is 1. The molecule has 1 aromatic carbocycles. The van der Waals surface area contributed by atoms with E-state index in [1.54, 1.807) is 23.1 Å². The monoisotopic (exact) mass is 332 g/mol. The zero-order valence-corrected chi connectivity index (χ0v) is 13.8. The first-order chi connectivity index (χ1) is 11.0. The van der Waals surface area contributed by atoms with Crippen molar-refractivity contribution in [3.8, 4) is 12.1 Å². The molecule has 0 heterocycles. The third-order valence-corrected chi connectivity index (χ3v) is 3.98. The van der Waals surface area contributed by atoms with Crippen LogP contribution in [0.2, 0.25) is 0 Å². The van der Waals surface area contributed by atoms with Gasteiger partial charge in [-0.3, -0.25) is 4.79 Å². The van der Waals surface area contributed by atoms with Crippen LogP contribution < -0.4 is 5.32 Å². The van der Waals surface area contributed by atoms with Gasteiger partial charge < -0.3 is 10.2 Å². The maximum absolute atomic E-state index is 13.2. The minimum absolute atomic E-state index is 0.0891. The number of hydrogen-bond donors (Lipinski definition) is 1. The number of amides is 1. The van der Waals surface area contributed by atoms with Gasteiger partial charge in [-0.05, 0) is 32.0 Å². The molecular weight excluding hydrogens is 315 g/mol. The van der Waals surface area contributed by atoms with Crippen molar-refractivity contribution in [2.24, 2.45) is 0 Å². The van der Waals surface area contributed by atoms with Crippen molar-refractivity contribution >= 4 is 23.4 Å². The third kappa shape index (κ3) is 5.65. The molecule has 7 heteroatoms. The van der Waals surface area contributed by atoms with Crippen LogP contribution in [0.1, 0.15) is 13.8 Å². The van der Waals surface area contributed by atoms with Crippen molar-refractivity contribution in [2.75, 3.05) is 24.2 Å². The van der Waals surface area contributed by atoms with Gasteiger partial charge in [0.05, 0.1) is 5.75 Å². The molecule has 0 atom stereocenters. The molecule has 0 aliphatic carbocycles. The molecule has 0 saturated heterocycles. The molecule has 0 aliphatic heterocycles. The summed E-state index contributed by atoms with van der Waals surface area (Å²) in [5.41, 5.74) is 0.261. The second-order valence-electron chi connectivity index (χ2n) is 4.42. The summed E-state index contributed by atoms with van der Waals surface area (Å²) in [5, 5.41) is 21.2. The largest absolute Gasteiger partial charge is 0.348 e. The Morgan fingerprint density at radius 2 is 1.96 bits per heavy atom. The van der Waals surface area contributed by atoms with Crippen LogP contribution >= 0.6 is 11.8 Å². The van der Waals surface area contributed by atoms with Gasteiger partial charge in [-0.25, -0.2) is 4.39 Å². The summed E-state index contributed by atoms with van der Waals surface area (Å²) in [5.74, 6) is -0.436. The Hall–Kier alpha value is -2.51. The van der Waals surface area contributed by atoms with Gasteiger partial charge in [0.25, 0.3) is 0 Å². The van der Waals surface area contributed by atoms with Gasteiger partial charge in [0.15, 0.2) is 5.57 Å². The lowest BCUT2D eigenvalue weighted by Gasteiger charge is -2.19. The highest BCUT2D eigenvalue weighted by molar-refractivity contribution is 8.03. The lowest BCUT2D eigenvalue weighted by atomic mass is 10.3. The zero-order chi connectivity index (χ0) is 17.2. The van der Waals surface area contributed by atoms with E-state index < -0.39 is 5.82 Å². The second-order valence-corrected chi connectivity index (χ2v) is 5.40. The average Bonchev–Trinajstić information content (AvgIpc) is 2.54. The molecule has 0 fully saturated rings. The molecule has 5 nitrogen and oxygen atoms in total. The Bertz CT molecular complexity index is 655. The number of halogens is 1. The summed E-state index contributed by atoms with van der Waals surface area (Å²) in [4.78, 5) is 13.7. The fourth-order valence-electron chi connectivity index (χ4n) is 1.80. The predicted octanol–water partition coefficient (Wildman–Crippen LogP) is 3.10. The first-order valence-corrected chi connectivity index (χ1v) is 8.01. The molecule has 1 rings (SSSR count). The van der Waals surface area contributed by atoms with Gasteiger partial charge in [0, 0.05) is 18.8 Å². The molecule has 1 N–H and O–H groups in total. The van der Waals surface area contributed by atoms with E-state index in [0.29, 0.717) is 18.8 Å². The first kappa shape index (κ1) is 18.5. The van der Waals surface area contributed by atoms with Crippen LogP contribution in [0.15, 0.2) is 34.9 Å². The number of benzene rings is 1. The molecule has 23 heavy (non-hydrogen) atoms. The predicted molar refractivity (Wildman–Crippen MR) is 88.7 cm³/mol. The van der Waals surface area contributed by atoms with Crippen LogP contribution in [0.4, 0.5) is 10.1 Å². The fraction of sp³-hybridized carbons (Fsp3) is 0.312. The molecule has 0 spiro atoms. The fourth-order valence-corrected chi connectivity index (χ4v) is 2.67. The minimum atomic E-state index is -0.436. The summed E-state index contributed by atoms with van der Waals surface area (Å²) in [6.07, 6.45) is 0. The number of rotatable bonds is 7.